The number of nitrogens with zero attached hydrogens (tertiary/aromatic N) is 5. The molecule has 1 saturated heterocycles. The first-order chi connectivity index (χ1) is 16.1. The molecule has 1 N–H and O–H groups in total. The van der Waals surface area contributed by atoms with E-state index in [-0.39, 0.29) is 11.9 Å². The summed E-state index contributed by atoms with van der Waals surface area (Å²) in [4.78, 5) is 31.9. The number of ether oxygens (including phenoxy) is 1. The molecular weight excluding hydrogens is 436 g/mol. The monoisotopic (exact) mass is 464 g/mol. The van der Waals surface area contributed by atoms with Crippen molar-refractivity contribution in [2.45, 2.75) is 45.6 Å². The minimum Gasteiger partial charge on any atom is -0.496 e. The first-order valence-electron chi connectivity index (χ1n) is 11.4. The molecule has 0 bridgehead atoms. The van der Waals surface area contributed by atoms with E-state index in [9.17, 15) is 4.79 Å². The highest BCUT2D eigenvalue weighted by Gasteiger charge is 2.39. The van der Waals surface area contributed by atoms with Crippen LogP contribution in [0.2, 0.25) is 0 Å². The second-order valence-corrected chi connectivity index (χ2v) is 9.56. The summed E-state index contributed by atoms with van der Waals surface area (Å²) in [5, 5.41) is 4.34. The highest BCUT2D eigenvalue weighted by atomic mass is 32.1. The summed E-state index contributed by atoms with van der Waals surface area (Å²) >= 11 is 1.64. The van der Waals surface area contributed by atoms with E-state index < -0.39 is 0 Å². The van der Waals surface area contributed by atoms with Crippen LogP contribution in [0.25, 0.3) is 10.4 Å². The van der Waals surface area contributed by atoms with Gasteiger partial charge in [-0.3, -0.25) is 4.79 Å². The Morgan fingerprint density at radius 1 is 1.21 bits per heavy atom. The lowest BCUT2D eigenvalue weighted by atomic mass is 10.1. The molecule has 0 spiro atoms. The molecule has 2 aliphatic rings. The van der Waals surface area contributed by atoms with Crippen molar-refractivity contribution in [3.8, 4) is 16.2 Å². The Morgan fingerprint density at radius 3 is 2.85 bits per heavy atom. The quantitative estimate of drug-likeness (QED) is 0.582. The molecule has 2 aliphatic heterocycles. The van der Waals surface area contributed by atoms with Crippen LogP contribution in [-0.2, 0) is 4.79 Å². The highest BCUT2D eigenvalue weighted by Crippen LogP contribution is 2.39. The summed E-state index contributed by atoms with van der Waals surface area (Å²) in [6, 6.07) is 5.83. The van der Waals surface area contributed by atoms with E-state index >= 15 is 0 Å². The predicted octanol–water partition coefficient (Wildman–Crippen LogP) is 4.78. The van der Waals surface area contributed by atoms with Gasteiger partial charge in [-0.1, -0.05) is 12.8 Å². The predicted molar refractivity (Wildman–Crippen MR) is 132 cm³/mol. The van der Waals surface area contributed by atoms with E-state index in [1.807, 2.05) is 43.1 Å². The van der Waals surface area contributed by atoms with Crippen LogP contribution in [0.5, 0.6) is 5.75 Å². The molecule has 3 aromatic rings. The summed E-state index contributed by atoms with van der Waals surface area (Å²) in [7, 11) is 1.67. The van der Waals surface area contributed by atoms with E-state index in [0.717, 1.165) is 70.6 Å². The Kier molecular flexibility index (Phi) is 5.88. The van der Waals surface area contributed by atoms with Gasteiger partial charge < -0.3 is 19.9 Å². The number of rotatable bonds is 5. The first kappa shape index (κ1) is 21.6. The average Bonchev–Trinajstić information content (AvgIpc) is 3.10. The first-order valence-corrected chi connectivity index (χ1v) is 12.2. The fourth-order valence-corrected chi connectivity index (χ4v) is 5.47. The zero-order valence-corrected chi connectivity index (χ0v) is 20.0. The lowest BCUT2D eigenvalue weighted by Gasteiger charge is -2.40. The van der Waals surface area contributed by atoms with Crippen molar-refractivity contribution in [2.75, 3.05) is 35.3 Å². The lowest BCUT2D eigenvalue weighted by Crippen LogP contribution is -2.53. The number of methoxy groups -OCH3 is 1. The largest absolute Gasteiger partial charge is 0.496 e. The SMILES string of the molecule is CCN1C(=O)C2CCCCCN2c2nc(Nc3ccc(-c4cnc(C)s4)c(OC)c3)ncc21. The molecule has 0 aliphatic carbocycles. The number of thiazole rings is 1. The summed E-state index contributed by atoms with van der Waals surface area (Å²) < 4.78 is 5.65. The van der Waals surface area contributed by atoms with Crippen molar-refractivity contribution in [1.29, 1.82) is 0 Å². The number of benzene rings is 1. The summed E-state index contributed by atoms with van der Waals surface area (Å²) in [5.41, 5.74) is 2.63. The van der Waals surface area contributed by atoms with E-state index in [1.165, 1.54) is 0 Å². The molecule has 33 heavy (non-hydrogen) atoms. The number of hydrogen-bond donors (Lipinski definition) is 1. The Bertz CT molecular complexity index is 1180. The van der Waals surface area contributed by atoms with Crippen LogP contribution >= 0.6 is 11.3 Å². The molecule has 1 amide bonds. The number of anilines is 4. The van der Waals surface area contributed by atoms with Gasteiger partial charge in [0, 0.05) is 36.6 Å². The van der Waals surface area contributed by atoms with Crippen LogP contribution in [0.1, 0.15) is 37.6 Å². The van der Waals surface area contributed by atoms with Crippen molar-refractivity contribution in [3.05, 3.63) is 35.6 Å². The number of carbonyl (C=O) groups is 1. The van der Waals surface area contributed by atoms with Gasteiger partial charge >= 0.3 is 0 Å². The Labute approximate surface area is 197 Å². The molecular formula is C24H28N6O2S. The third-order valence-corrected chi connectivity index (χ3v) is 7.22. The molecule has 2 aromatic heterocycles. The third-order valence-electron chi connectivity index (χ3n) is 6.28. The van der Waals surface area contributed by atoms with Gasteiger partial charge in [0.25, 0.3) is 0 Å². The number of amides is 1. The summed E-state index contributed by atoms with van der Waals surface area (Å²) in [6.07, 6.45) is 7.79. The normalized spacial score (nSPS) is 17.9. The second-order valence-electron chi connectivity index (χ2n) is 8.33. The number of carbonyl (C=O) groups excluding carboxylic acids is 1. The molecule has 9 heteroatoms. The molecule has 172 valence electrons. The topological polar surface area (TPSA) is 83.5 Å². The Morgan fingerprint density at radius 2 is 2.09 bits per heavy atom. The van der Waals surface area contributed by atoms with Crippen molar-refractivity contribution in [2.24, 2.45) is 0 Å². The minimum atomic E-state index is -0.134. The van der Waals surface area contributed by atoms with E-state index in [1.54, 1.807) is 24.6 Å². The van der Waals surface area contributed by atoms with Gasteiger partial charge in [-0.2, -0.15) is 4.98 Å². The zero-order chi connectivity index (χ0) is 22.9. The maximum atomic E-state index is 13.1. The second kappa shape index (κ2) is 8.97. The standard InChI is InChI=1S/C24H28N6O2S/c1-4-29-19-13-26-24(28-22(19)30-11-7-5-6-8-18(30)23(29)31)27-16-9-10-17(20(12-16)32-3)21-14-25-15(2)33-21/h9-10,12-14,18H,4-8,11H2,1-3H3,(H,26,27,28). The summed E-state index contributed by atoms with van der Waals surface area (Å²) in [5.74, 6) is 2.27. The lowest BCUT2D eigenvalue weighted by molar-refractivity contribution is -0.120. The number of aryl methyl sites for hydroxylation is 1. The van der Waals surface area contributed by atoms with Gasteiger partial charge in [0.1, 0.15) is 17.5 Å². The van der Waals surface area contributed by atoms with E-state index in [4.69, 9.17) is 9.72 Å². The fourth-order valence-electron chi connectivity index (χ4n) is 4.66. The smallest absolute Gasteiger partial charge is 0.249 e. The van der Waals surface area contributed by atoms with Gasteiger partial charge in [-0.05, 0) is 38.8 Å². The number of likely N-dealkylation sites (N-methyl/N-ethyl adjacent to an activating group) is 1. The molecule has 0 saturated carbocycles. The molecule has 1 unspecified atom stereocenters. The molecule has 1 atom stereocenters. The van der Waals surface area contributed by atoms with E-state index in [2.05, 4.69) is 20.2 Å². The van der Waals surface area contributed by atoms with Crippen LogP contribution in [-0.4, -0.2) is 47.1 Å². The Hall–Kier alpha value is -3.20. The minimum absolute atomic E-state index is 0.134. The molecule has 1 fully saturated rings. The maximum absolute atomic E-state index is 13.1. The third kappa shape index (κ3) is 4.01. The highest BCUT2D eigenvalue weighted by molar-refractivity contribution is 7.15. The molecule has 8 nitrogen and oxygen atoms in total. The number of hydrogen-bond acceptors (Lipinski definition) is 8. The van der Waals surface area contributed by atoms with Crippen molar-refractivity contribution >= 4 is 40.4 Å². The Balaban J connectivity index is 1.47. The van der Waals surface area contributed by atoms with Crippen molar-refractivity contribution in [3.63, 3.8) is 0 Å². The fraction of sp³-hybridized carbons (Fsp3) is 0.417. The molecule has 4 heterocycles. The van der Waals surface area contributed by atoms with Gasteiger partial charge in [-0.15, -0.1) is 11.3 Å². The van der Waals surface area contributed by atoms with Crippen LogP contribution in [0.3, 0.4) is 0 Å². The van der Waals surface area contributed by atoms with Gasteiger partial charge in [0.2, 0.25) is 11.9 Å². The number of nitrogens with one attached hydrogen (secondary N) is 1. The van der Waals surface area contributed by atoms with Crippen LogP contribution in [0.15, 0.2) is 30.6 Å². The molecule has 1 aromatic carbocycles. The molecule has 5 rings (SSSR count). The number of aromatic nitrogens is 3. The van der Waals surface area contributed by atoms with Crippen molar-refractivity contribution in [1.82, 2.24) is 15.0 Å². The number of fused-ring (bicyclic) bond motifs is 3. The average molecular weight is 465 g/mol. The van der Waals surface area contributed by atoms with Crippen molar-refractivity contribution < 1.29 is 9.53 Å². The van der Waals surface area contributed by atoms with E-state index in [0.29, 0.717) is 12.5 Å². The maximum Gasteiger partial charge on any atom is 0.249 e. The zero-order valence-electron chi connectivity index (χ0n) is 19.2. The molecule has 0 radical (unpaired) electrons. The van der Waals surface area contributed by atoms with Gasteiger partial charge in [0.05, 0.1) is 23.2 Å². The van der Waals surface area contributed by atoms with Crippen LogP contribution in [0.4, 0.5) is 23.1 Å². The van der Waals surface area contributed by atoms with Gasteiger partial charge in [0.15, 0.2) is 5.82 Å². The van der Waals surface area contributed by atoms with Gasteiger partial charge in [-0.25, -0.2) is 9.97 Å². The van der Waals surface area contributed by atoms with Crippen LogP contribution in [0, 0.1) is 6.92 Å². The van der Waals surface area contributed by atoms with Crippen LogP contribution < -0.4 is 19.9 Å². The summed E-state index contributed by atoms with van der Waals surface area (Å²) in [6.45, 7) is 5.45.